The van der Waals surface area contributed by atoms with Gasteiger partial charge in [0.1, 0.15) is 5.82 Å². The van der Waals surface area contributed by atoms with Crippen molar-refractivity contribution in [3.05, 3.63) is 41.5 Å². The molecule has 0 bridgehead atoms. The van der Waals surface area contributed by atoms with E-state index in [-0.39, 0.29) is 0 Å². The third-order valence-electron chi connectivity index (χ3n) is 3.99. The predicted molar refractivity (Wildman–Crippen MR) is 97.5 cm³/mol. The largest absolute Gasteiger partial charge is 0.383 e. The molecule has 0 aliphatic carbocycles. The Kier molecular flexibility index (Phi) is 5.08. The van der Waals surface area contributed by atoms with Crippen LogP contribution in [0.15, 0.2) is 35.3 Å². The third kappa shape index (κ3) is 3.55. The molecule has 1 aromatic heterocycles. The van der Waals surface area contributed by atoms with Gasteiger partial charge in [0.15, 0.2) is 0 Å². The summed E-state index contributed by atoms with van der Waals surface area (Å²) in [6.45, 7) is 2.66. The lowest BCUT2D eigenvalue weighted by molar-refractivity contribution is 0.210. The van der Waals surface area contributed by atoms with E-state index >= 15 is 0 Å². The fraction of sp³-hybridized carbons (Fsp3) is 0.333. The van der Waals surface area contributed by atoms with Crippen LogP contribution in [-0.2, 0) is 17.8 Å². The molecule has 0 saturated carbocycles. The molecule has 1 aromatic carbocycles. The van der Waals surface area contributed by atoms with Crippen molar-refractivity contribution in [2.45, 2.75) is 13.1 Å². The van der Waals surface area contributed by atoms with Gasteiger partial charge in [0, 0.05) is 44.9 Å². The zero-order valence-corrected chi connectivity index (χ0v) is 14.1. The maximum atomic E-state index is 5.67. The summed E-state index contributed by atoms with van der Waals surface area (Å²) in [6.07, 6.45) is 1.85. The Hall–Kier alpha value is -2.44. The lowest BCUT2D eigenvalue weighted by Crippen LogP contribution is -2.21. The van der Waals surface area contributed by atoms with E-state index in [0.29, 0.717) is 19.7 Å². The topological polar surface area (TPSA) is 75.8 Å². The standard InChI is InChI=1S/C18H23N5O/c1-23-11-15-17(21-12-23)9-16(22-18(15)20-7-8-24-2)14-5-3-13(10-19)4-6-14/h3-6,9,12H,7-8,10-11,19H2,1-2H3,(H,20,22). The van der Waals surface area contributed by atoms with Gasteiger partial charge in [-0.1, -0.05) is 24.3 Å². The van der Waals surface area contributed by atoms with Crippen molar-refractivity contribution in [3.63, 3.8) is 0 Å². The van der Waals surface area contributed by atoms with Gasteiger partial charge < -0.3 is 20.7 Å². The molecule has 2 aromatic rings. The molecule has 0 saturated heterocycles. The fourth-order valence-electron chi connectivity index (χ4n) is 2.66. The number of nitrogens with zero attached hydrogens (tertiary/aromatic N) is 3. The number of methoxy groups -OCH3 is 1. The summed E-state index contributed by atoms with van der Waals surface area (Å²) >= 11 is 0. The second kappa shape index (κ2) is 7.42. The van der Waals surface area contributed by atoms with Crippen LogP contribution in [0.25, 0.3) is 11.3 Å². The van der Waals surface area contributed by atoms with E-state index in [2.05, 4.69) is 22.4 Å². The van der Waals surface area contributed by atoms with Crippen LogP contribution in [-0.4, -0.2) is 43.5 Å². The average Bonchev–Trinajstić information content (AvgIpc) is 2.62. The molecule has 0 spiro atoms. The first-order valence-electron chi connectivity index (χ1n) is 8.02. The number of nitrogens with one attached hydrogen (secondary N) is 1. The van der Waals surface area contributed by atoms with Crippen molar-refractivity contribution in [2.24, 2.45) is 10.7 Å². The Morgan fingerprint density at radius 2 is 2.08 bits per heavy atom. The highest BCUT2D eigenvalue weighted by atomic mass is 16.5. The lowest BCUT2D eigenvalue weighted by Gasteiger charge is -2.23. The lowest BCUT2D eigenvalue weighted by atomic mass is 10.1. The molecule has 126 valence electrons. The van der Waals surface area contributed by atoms with Crippen LogP contribution in [0.3, 0.4) is 0 Å². The third-order valence-corrected chi connectivity index (χ3v) is 3.99. The Morgan fingerprint density at radius 3 is 2.79 bits per heavy atom. The molecule has 6 nitrogen and oxygen atoms in total. The number of aliphatic imine (C=N–C) groups is 1. The highest BCUT2D eigenvalue weighted by Crippen LogP contribution is 2.33. The highest BCUT2D eigenvalue weighted by Gasteiger charge is 2.17. The van der Waals surface area contributed by atoms with Gasteiger partial charge >= 0.3 is 0 Å². The molecule has 2 heterocycles. The molecule has 0 radical (unpaired) electrons. The predicted octanol–water partition coefficient (Wildman–Crippen LogP) is 2.37. The molecule has 3 N–H and O–H groups in total. The minimum Gasteiger partial charge on any atom is -0.383 e. The first-order chi connectivity index (χ1) is 11.7. The van der Waals surface area contributed by atoms with Gasteiger partial charge in [0.2, 0.25) is 0 Å². The second-order valence-corrected chi connectivity index (χ2v) is 5.83. The van der Waals surface area contributed by atoms with Crippen molar-refractivity contribution in [3.8, 4) is 11.3 Å². The number of ether oxygens (including phenoxy) is 1. The van der Waals surface area contributed by atoms with Crippen LogP contribution in [0.2, 0.25) is 0 Å². The van der Waals surface area contributed by atoms with Crippen molar-refractivity contribution in [2.75, 3.05) is 32.6 Å². The number of anilines is 1. The van der Waals surface area contributed by atoms with Gasteiger partial charge in [-0.05, 0) is 11.6 Å². The Balaban J connectivity index is 1.98. The minimum atomic E-state index is 0.540. The van der Waals surface area contributed by atoms with E-state index in [1.165, 1.54) is 0 Å². The Morgan fingerprint density at radius 1 is 1.29 bits per heavy atom. The average molecular weight is 325 g/mol. The molecule has 3 rings (SSSR count). The SMILES string of the molecule is COCCNc1nc(-c2ccc(CN)cc2)cc2c1CN(C)C=N2. The van der Waals surface area contributed by atoms with E-state index < -0.39 is 0 Å². The number of hydrogen-bond acceptors (Lipinski definition) is 6. The molecular formula is C18H23N5O. The van der Waals surface area contributed by atoms with Crippen molar-refractivity contribution in [1.29, 1.82) is 0 Å². The minimum absolute atomic E-state index is 0.540. The Bertz CT molecular complexity index is 727. The molecule has 0 amide bonds. The van der Waals surface area contributed by atoms with Gasteiger partial charge in [-0.25, -0.2) is 9.98 Å². The van der Waals surface area contributed by atoms with Crippen molar-refractivity contribution >= 4 is 17.8 Å². The van der Waals surface area contributed by atoms with Crippen LogP contribution in [0.1, 0.15) is 11.1 Å². The summed E-state index contributed by atoms with van der Waals surface area (Å²) in [5, 5.41) is 3.37. The summed E-state index contributed by atoms with van der Waals surface area (Å²) in [5.41, 5.74) is 10.8. The number of rotatable bonds is 6. The smallest absolute Gasteiger partial charge is 0.133 e. The molecular weight excluding hydrogens is 302 g/mol. The monoisotopic (exact) mass is 325 g/mol. The van der Waals surface area contributed by atoms with Gasteiger partial charge in [-0.2, -0.15) is 0 Å². The van der Waals surface area contributed by atoms with Gasteiger partial charge in [-0.15, -0.1) is 0 Å². The molecule has 1 aliphatic rings. The number of aromatic nitrogens is 1. The summed E-state index contributed by atoms with van der Waals surface area (Å²) < 4.78 is 5.13. The van der Waals surface area contributed by atoms with Crippen LogP contribution in [0.5, 0.6) is 0 Å². The Labute approximate surface area is 142 Å². The first-order valence-corrected chi connectivity index (χ1v) is 8.02. The summed E-state index contributed by atoms with van der Waals surface area (Å²) in [7, 11) is 3.70. The van der Waals surface area contributed by atoms with E-state index in [9.17, 15) is 0 Å². The number of nitrogens with two attached hydrogens (primary N) is 1. The quantitative estimate of drug-likeness (QED) is 0.798. The van der Waals surface area contributed by atoms with Crippen LogP contribution >= 0.6 is 0 Å². The van der Waals surface area contributed by atoms with Gasteiger partial charge in [0.25, 0.3) is 0 Å². The number of pyridine rings is 1. The van der Waals surface area contributed by atoms with Crippen molar-refractivity contribution < 1.29 is 4.74 Å². The summed E-state index contributed by atoms with van der Waals surface area (Å²) in [4.78, 5) is 11.4. The highest BCUT2D eigenvalue weighted by molar-refractivity contribution is 5.76. The summed E-state index contributed by atoms with van der Waals surface area (Å²) in [6, 6.07) is 10.2. The number of fused-ring (bicyclic) bond motifs is 1. The summed E-state index contributed by atoms with van der Waals surface area (Å²) in [5.74, 6) is 0.867. The van der Waals surface area contributed by atoms with Crippen LogP contribution in [0, 0.1) is 0 Å². The molecule has 6 heteroatoms. The first kappa shape index (κ1) is 16.4. The number of hydrogen-bond donors (Lipinski definition) is 2. The van der Waals surface area contributed by atoms with E-state index in [4.69, 9.17) is 15.5 Å². The van der Waals surface area contributed by atoms with Crippen LogP contribution in [0.4, 0.5) is 11.5 Å². The molecule has 24 heavy (non-hydrogen) atoms. The maximum Gasteiger partial charge on any atom is 0.133 e. The normalized spacial score (nSPS) is 13.0. The zero-order chi connectivity index (χ0) is 16.9. The van der Waals surface area contributed by atoms with Gasteiger partial charge in [-0.3, -0.25) is 0 Å². The van der Waals surface area contributed by atoms with Crippen molar-refractivity contribution in [1.82, 2.24) is 9.88 Å². The maximum absolute atomic E-state index is 5.67. The van der Waals surface area contributed by atoms with E-state index in [1.54, 1.807) is 7.11 Å². The second-order valence-electron chi connectivity index (χ2n) is 5.83. The fourth-order valence-corrected chi connectivity index (χ4v) is 2.66. The number of benzene rings is 1. The zero-order valence-electron chi connectivity index (χ0n) is 14.1. The van der Waals surface area contributed by atoms with Crippen LogP contribution < -0.4 is 11.1 Å². The molecule has 0 unspecified atom stereocenters. The molecule has 0 fully saturated rings. The molecule has 0 atom stereocenters. The van der Waals surface area contributed by atoms with E-state index in [1.807, 2.05) is 36.5 Å². The van der Waals surface area contributed by atoms with Gasteiger partial charge in [0.05, 0.1) is 24.3 Å². The van der Waals surface area contributed by atoms with E-state index in [0.717, 1.165) is 40.4 Å². The molecule has 1 aliphatic heterocycles.